The molecule has 0 atom stereocenters. The molecule has 78 valence electrons. The van der Waals surface area contributed by atoms with Gasteiger partial charge in [0.15, 0.2) is 0 Å². The van der Waals surface area contributed by atoms with E-state index in [4.69, 9.17) is 5.11 Å². The number of aliphatic hydroxyl groups excluding tert-OH is 1. The molecular weight excluding hydrogens is 174 g/mol. The Balaban J connectivity index is 2.76. The van der Waals surface area contributed by atoms with Crippen molar-refractivity contribution in [1.29, 1.82) is 0 Å². The molecule has 1 nitrogen and oxygen atoms in total. The maximum atomic E-state index is 13.3. The van der Waals surface area contributed by atoms with Gasteiger partial charge in [0, 0.05) is 0 Å². The first-order chi connectivity index (χ1) is 6.02. The van der Waals surface area contributed by atoms with Crippen LogP contribution in [0.3, 0.4) is 0 Å². The Morgan fingerprint density at radius 3 is 1.92 bits per heavy atom. The molecule has 0 amide bonds. The van der Waals surface area contributed by atoms with Crippen molar-refractivity contribution in [2.45, 2.75) is 51.4 Å². The van der Waals surface area contributed by atoms with E-state index in [2.05, 4.69) is 0 Å². The average Bonchev–Trinajstić information content (AvgIpc) is 2.27. The minimum absolute atomic E-state index is 0.378. The molecule has 0 aromatic rings. The molecule has 0 unspecified atom stereocenters. The van der Waals surface area contributed by atoms with Crippen molar-refractivity contribution in [3.8, 4) is 0 Å². The Morgan fingerprint density at radius 2 is 1.62 bits per heavy atom. The van der Waals surface area contributed by atoms with Crippen molar-refractivity contribution < 1.29 is 13.9 Å². The highest BCUT2D eigenvalue weighted by Crippen LogP contribution is 2.46. The molecule has 0 aromatic heterocycles. The third-order valence-electron chi connectivity index (χ3n) is 3.29. The van der Waals surface area contributed by atoms with E-state index in [-0.39, 0.29) is 6.61 Å². The first kappa shape index (κ1) is 10.9. The fraction of sp³-hybridized carbons (Fsp3) is 1.00. The molecule has 1 fully saturated rings. The van der Waals surface area contributed by atoms with Crippen molar-refractivity contribution in [2.24, 2.45) is 5.41 Å². The van der Waals surface area contributed by atoms with Gasteiger partial charge < -0.3 is 5.11 Å². The first-order valence-electron chi connectivity index (χ1n) is 5.00. The Hall–Kier alpha value is -0.180. The van der Waals surface area contributed by atoms with E-state index < -0.39 is 11.3 Å². The first-order valence-corrected chi connectivity index (χ1v) is 5.00. The summed E-state index contributed by atoms with van der Waals surface area (Å²) < 4.78 is 26.6. The zero-order valence-corrected chi connectivity index (χ0v) is 8.15. The quantitative estimate of drug-likeness (QED) is 0.667. The molecule has 0 heterocycles. The molecule has 0 saturated heterocycles. The summed E-state index contributed by atoms with van der Waals surface area (Å²) in [5, 5.41) is 9.12. The molecule has 0 aromatic carbocycles. The highest BCUT2D eigenvalue weighted by atomic mass is 19.3. The van der Waals surface area contributed by atoms with Crippen molar-refractivity contribution in [2.75, 3.05) is 6.61 Å². The second kappa shape index (κ2) is 3.91. The molecule has 0 spiro atoms. The number of aliphatic hydroxyl groups is 1. The third kappa shape index (κ3) is 2.19. The van der Waals surface area contributed by atoms with Gasteiger partial charge in [0.1, 0.15) is 0 Å². The van der Waals surface area contributed by atoms with Gasteiger partial charge in [0.2, 0.25) is 0 Å². The monoisotopic (exact) mass is 192 g/mol. The minimum atomic E-state index is -2.74. The summed E-state index contributed by atoms with van der Waals surface area (Å²) >= 11 is 0. The van der Waals surface area contributed by atoms with Crippen molar-refractivity contribution in [3.63, 3.8) is 0 Å². The molecule has 0 aliphatic heterocycles. The Bertz CT molecular complexity index is 155. The van der Waals surface area contributed by atoms with E-state index in [1.54, 1.807) is 0 Å². The van der Waals surface area contributed by atoms with Crippen LogP contribution in [0.2, 0.25) is 0 Å². The van der Waals surface area contributed by atoms with Gasteiger partial charge in [-0.05, 0) is 19.8 Å². The van der Waals surface area contributed by atoms with Gasteiger partial charge >= 0.3 is 0 Å². The van der Waals surface area contributed by atoms with Gasteiger partial charge in [0.25, 0.3) is 5.92 Å². The van der Waals surface area contributed by atoms with Crippen LogP contribution in [-0.2, 0) is 0 Å². The molecule has 3 heteroatoms. The average molecular weight is 192 g/mol. The van der Waals surface area contributed by atoms with Gasteiger partial charge in [-0.25, -0.2) is 8.78 Å². The smallest absolute Gasteiger partial charge is 0.253 e. The summed E-state index contributed by atoms with van der Waals surface area (Å²) in [5.74, 6) is -2.74. The zero-order valence-electron chi connectivity index (χ0n) is 8.15. The van der Waals surface area contributed by atoms with Crippen LogP contribution < -0.4 is 0 Å². The van der Waals surface area contributed by atoms with E-state index >= 15 is 0 Å². The predicted octanol–water partition coefficient (Wildman–Crippen LogP) is 2.97. The molecular formula is C10H18F2O. The SMILES string of the molecule is CC(F)(F)C1(CO)CCCCCC1. The molecule has 1 aliphatic rings. The fourth-order valence-corrected chi connectivity index (χ4v) is 2.14. The van der Waals surface area contributed by atoms with Crippen molar-refractivity contribution in [1.82, 2.24) is 0 Å². The van der Waals surface area contributed by atoms with Gasteiger partial charge in [-0.1, -0.05) is 25.7 Å². The van der Waals surface area contributed by atoms with E-state index in [0.717, 1.165) is 32.6 Å². The Labute approximate surface area is 78.1 Å². The molecule has 1 rings (SSSR count). The maximum Gasteiger partial charge on any atom is 0.253 e. The summed E-state index contributed by atoms with van der Waals surface area (Å²) in [4.78, 5) is 0. The van der Waals surface area contributed by atoms with Crippen LogP contribution in [0.4, 0.5) is 8.78 Å². The maximum absolute atomic E-state index is 13.3. The van der Waals surface area contributed by atoms with Crippen LogP contribution in [0.1, 0.15) is 45.4 Å². The molecule has 13 heavy (non-hydrogen) atoms. The lowest BCUT2D eigenvalue weighted by molar-refractivity contribution is -0.136. The van der Waals surface area contributed by atoms with Crippen molar-refractivity contribution >= 4 is 0 Å². The summed E-state index contributed by atoms with van der Waals surface area (Å²) in [7, 11) is 0. The highest BCUT2D eigenvalue weighted by molar-refractivity contribution is 4.90. The second-order valence-electron chi connectivity index (χ2n) is 4.24. The summed E-state index contributed by atoms with van der Waals surface area (Å²) in [6.07, 6.45) is 4.63. The highest BCUT2D eigenvalue weighted by Gasteiger charge is 2.48. The second-order valence-corrected chi connectivity index (χ2v) is 4.24. The lowest BCUT2D eigenvalue weighted by Crippen LogP contribution is -2.41. The third-order valence-corrected chi connectivity index (χ3v) is 3.29. The Morgan fingerprint density at radius 1 is 1.15 bits per heavy atom. The van der Waals surface area contributed by atoms with Crippen LogP contribution in [0.25, 0.3) is 0 Å². The summed E-state index contributed by atoms with van der Waals surface area (Å²) in [5.41, 5.74) is -1.14. The van der Waals surface area contributed by atoms with Crippen LogP contribution in [0.15, 0.2) is 0 Å². The molecule has 1 aliphatic carbocycles. The zero-order chi connectivity index (χ0) is 9.95. The lowest BCUT2D eigenvalue weighted by atomic mass is 9.76. The van der Waals surface area contributed by atoms with Crippen LogP contribution in [0.5, 0.6) is 0 Å². The van der Waals surface area contributed by atoms with E-state index in [1.165, 1.54) is 0 Å². The minimum Gasteiger partial charge on any atom is -0.396 e. The normalized spacial score (nSPS) is 24.0. The predicted molar refractivity (Wildman–Crippen MR) is 47.8 cm³/mol. The Kier molecular flexibility index (Phi) is 3.28. The topological polar surface area (TPSA) is 20.2 Å². The van der Waals surface area contributed by atoms with Crippen LogP contribution in [0, 0.1) is 5.41 Å². The number of rotatable bonds is 2. The van der Waals surface area contributed by atoms with E-state index in [9.17, 15) is 8.78 Å². The van der Waals surface area contributed by atoms with Crippen molar-refractivity contribution in [3.05, 3.63) is 0 Å². The standard InChI is InChI=1S/C10H18F2O/c1-9(11,12)10(8-13)6-4-2-3-5-7-10/h13H,2-8H2,1H3. The largest absolute Gasteiger partial charge is 0.396 e. The van der Waals surface area contributed by atoms with Crippen LogP contribution in [-0.4, -0.2) is 17.6 Å². The molecule has 1 saturated carbocycles. The van der Waals surface area contributed by atoms with Gasteiger partial charge in [-0.2, -0.15) is 0 Å². The molecule has 0 bridgehead atoms. The van der Waals surface area contributed by atoms with Gasteiger partial charge in [0.05, 0.1) is 12.0 Å². The summed E-state index contributed by atoms with van der Waals surface area (Å²) in [6.45, 7) is 0.561. The number of hydrogen-bond donors (Lipinski definition) is 1. The fourth-order valence-electron chi connectivity index (χ4n) is 2.14. The molecule has 0 radical (unpaired) electrons. The van der Waals surface area contributed by atoms with Gasteiger partial charge in [-0.15, -0.1) is 0 Å². The number of halogens is 2. The summed E-state index contributed by atoms with van der Waals surface area (Å²) in [6, 6.07) is 0. The molecule has 1 N–H and O–H groups in total. The number of hydrogen-bond acceptors (Lipinski definition) is 1. The van der Waals surface area contributed by atoms with E-state index in [0.29, 0.717) is 12.8 Å². The number of alkyl halides is 2. The van der Waals surface area contributed by atoms with E-state index in [1.807, 2.05) is 0 Å². The van der Waals surface area contributed by atoms with Crippen LogP contribution >= 0.6 is 0 Å². The van der Waals surface area contributed by atoms with Gasteiger partial charge in [-0.3, -0.25) is 0 Å². The lowest BCUT2D eigenvalue weighted by Gasteiger charge is -2.36.